The first kappa shape index (κ1) is 23.9. The van der Waals surface area contributed by atoms with Crippen LogP contribution in [0.1, 0.15) is 31.0 Å². The van der Waals surface area contributed by atoms with E-state index >= 15 is 0 Å². The molecule has 0 aromatic heterocycles. The van der Waals surface area contributed by atoms with Gasteiger partial charge in [-0.25, -0.2) is 0 Å². The van der Waals surface area contributed by atoms with Crippen LogP contribution in [0.5, 0.6) is 0 Å². The van der Waals surface area contributed by atoms with Crippen LogP contribution in [0, 0.1) is 10.1 Å². The molecule has 0 aliphatic carbocycles. The quantitative estimate of drug-likeness (QED) is 0.335. The fourth-order valence-electron chi connectivity index (χ4n) is 3.88. The Morgan fingerprint density at radius 1 is 1.12 bits per heavy atom. The molecule has 0 fully saturated rings. The van der Waals surface area contributed by atoms with Crippen LogP contribution >= 0.6 is 0 Å². The van der Waals surface area contributed by atoms with Gasteiger partial charge in [-0.15, -0.1) is 0 Å². The summed E-state index contributed by atoms with van der Waals surface area (Å²) in [4.78, 5) is 40.2. The second-order valence-electron chi connectivity index (χ2n) is 7.65. The fraction of sp³-hybridized carbons (Fsp3) is 0.280. The summed E-state index contributed by atoms with van der Waals surface area (Å²) in [6.07, 6.45) is 2.96. The van der Waals surface area contributed by atoms with Crippen molar-refractivity contribution < 1.29 is 19.6 Å². The Hall–Kier alpha value is -3.78. The highest BCUT2D eigenvalue weighted by Crippen LogP contribution is 2.38. The molecule has 1 amide bonds. The number of allylic oxidation sites excluding steroid dienone is 1. The number of nitro benzene ring substituents is 1. The van der Waals surface area contributed by atoms with Gasteiger partial charge < -0.3 is 14.9 Å². The standard InChI is InChI=1S/C25H27N3O5/c1-3-26(4-2)16-17-27-23(19-11-13-20(14-12-19)28(32)33)22(24(30)25(27)31)21(29)15-10-18-8-6-5-7-9-18/h5-15,23,30H,3-4,16-17H2,1-2H3/b15-10+/t23-/m0/s1. The van der Waals surface area contributed by atoms with Gasteiger partial charge in [-0.05, 0) is 42.4 Å². The van der Waals surface area contributed by atoms with E-state index in [1.54, 1.807) is 6.08 Å². The van der Waals surface area contributed by atoms with Gasteiger partial charge in [-0.2, -0.15) is 0 Å². The van der Waals surface area contributed by atoms with Gasteiger partial charge >= 0.3 is 0 Å². The Morgan fingerprint density at radius 2 is 1.76 bits per heavy atom. The molecule has 172 valence electrons. The number of carbonyl (C=O) groups excluding carboxylic acids is 2. The third-order valence-corrected chi connectivity index (χ3v) is 5.77. The Balaban J connectivity index is 1.97. The number of nitro groups is 1. The van der Waals surface area contributed by atoms with Crippen LogP contribution in [0.4, 0.5) is 5.69 Å². The molecule has 0 saturated heterocycles. The Labute approximate surface area is 192 Å². The zero-order chi connectivity index (χ0) is 24.0. The van der Waals surface area contributed by atoms with E-state index in [0.29, 0.717) is 18.7 Å². The molecule has 1 aliphatic heterocycles. The van der Waals surface area contributed by atoms with Crippen LogP contribution in [-0.4, -0.2) is 57.7 Å². The predicted octanol–water partition coefficient (Wildman–Crippen LogP) is 3.91. The maximum absolute atomic E-state index is 13.1. The number of rotatable bonds is 10. The Bertz CT molecular complexity index is 1070. The van der Waals surface area contributed by atoms with Crippen molar-refractivity contribution in [2.75, 3.05) is 26.2 Å². The highest BCUT2D eigenvalue weighted by molar-refractivity contribution is 6.14. The zero-order valence-corrected chi connectivity index (χ0v) is 18.7. The highest BCUT2D eigenvalue weighted by atomic mass is 16.6. The minimum Gasteiger partial charge on any atom is -0.503 e. The minimum absolute atomic E-state index is 0.0272. The molecule has 3 rings (SSSR count). The van der Waals surface area contributed by atoms with Crippen molar-refractivity contribution in [3.05, 3.63) is 93.2 Å². The zero-order valence-electron chi connectivity index (χ0n) is 18.7. The number of hydrogen-bond acceptors (Lipinski definition) is 6. The SMILES string of the molecule is CCN(CC)CCN1C(=O)C(O)=C(C(=O)/C=C/c2ccccc2)[C@@H]1c1ccc([N+](=O)[O-])cc1. The lowest BCUT2D eigenvalue weighted by atomic mass is 9.95. The summed E-state index contributed by atoms with van der Waals surface area (Å²) in [6, 6.07) is 14.1. The van der Waals surface area contributed by atoms with Crippen molar-refractivity contribution in [2.45, 2.75) is 19.9 Å². The molecule has 0 radical (unpaired) electrons. The van der Waals surface area contributed by atoms with Crippen LogP contribution < -0.4 is 0 Å². The molecule has 1 heterocycles. The maximum Gasteiger partial charge on any atom is 0.290 e. The highest BCUT2D eigenvalue weighted by Gasteiger charge is 2.42. The van der Waals surface area contributed by atoms with Crippen molar-refractivity contribution in [2.24, 2.45) is 0 Å². The molecule has 0 spiro atoms. The van der Waals surface area contributed by atoms with Gasteiger partial charge in [0.05, 0.1) is 16.5 Å². The molecule has 33 heavy (non-hydrogen) atoms. The number of likely N-dealkylation sites (N-methyl/N-ethyl adjacent to an activating group) is 1. The molecule has 8 nitrogen and oxygen atoms in total. The van der Waals surface area contributed by atoms with Gasteiger partial charge in [-0.3, -0.25) is 19.7 Å². The van der Waals surface area contributed by atoms with Gasteiger partial charge in [0.25, 0.3) is 11.6 Å². The summed E-state index contributed by atoms with van der Waals surface area (Å²) >= 11 is 0. The van der Waals surface area contributed by atoms with Crippen LogP contribution in [0.15, 0.2) is 72.0 Å². The lowest BCUT2D eigenvalue weighted by Crippen LogP contribution is -2.38. The van der Waals surface area contributed by atoms with E-state index in [-0.39, 0.29) is 11.3 Å². The molecule has 8 heteroatoms. The summed E-state index contributed by atoms with van der Waals surface area (Å²) < 4.78 is 0. The lowest BCUT2D eigenvalue weighted by Gasteiger charge is -2.29. The Kier molecular flexibility index (Phi) is 7.74. The van der Waals surface area contributed by atoms with E-state index in [1.807, 2.05) is 44.2 Å². The third-order valence-electron chi connectivity index (χ3n) is 5.77. The number of benzene rings is 2. The van der Waals surface area contributed by atoms with Gasteiger partial charge in [0, 0.05) is 25.2 Å². The number of aliphatic hydroxyl groups excluding tert-OH is 1. The van der Waals surface area contributed by atoms with Crippen LogP contribution in [-0.2, 0) is 9.59 Å². The molecule has 0 unspecified atom stereocenters. The molecule has 2 aromatic carbocycles. The van der Waals surface area contributed by atoms with Crippen molar-refractivity contribution in [1.29, 1.82) is 0 Å². The predicted molar refractivity (Wildman–Crippen MR) is 125 cm³/mol. The van der Waals surface area contributed by atoms with E-state index in [1.165, 1.54) is 35.2 Å². The molecule has 1 N–H and O–H groups in total. The largest absolute Gasteiger partial charge is 0.503 e. The van der Waals surface area contributed by atoms with Crippen molar-refractivity contribution >= 4 is 23.5 Å². The monoisotopic (exact) mass is 449 g/mol. The number of amides is 1. The average molecular weight is 450 g/mol. The fourth-order valence-corrected chi connectivity index (χ4v) is 3.88. The van der Waals surface area contributed by atoms with Gasteiger partial charge in [-0.1, -0.05) is 50.3 Å². The topological polar surface area (TPSA) is 104 Å². The van der Waals surface area contributed by atoms with E-state index in [4.69, 9.17) is 0 Å². The molecular formula is C25H27N3O5. The van der Waals surface area contributed by atoms with E-state index in [2.05, 4.69) is 4.90 Å². The number of hydrogen-bond donors (Lipinski definition) is 1. The Morgan fingerprint density at radius 3 is 2.33 bits per heavy atom. The first-order valence-corrected chi connectivity index (χ1v) is 10.9. The molecule has 1 atom stereocenters. The summed E-state index contributed by atoms with van der Waals surface area (Å²) in [6.45, 7) is 6.49. The number of aliphatic hydroxyl groups is 1. The molecular weight excluding hydrogens is 422 g/mol. The van der Waals surface area contributed by atoms with Crippen molar-refractivity contribution in [1.82, 2.24) is 9.80 Å². The summed E-state index contributed by atoms with van der Waals surface area (Å²) in [7, 11) is 0. The first-order valence-electron chi connectivity index (χ1n) is 10.9. The molecule has 1 aliphatic rings. The van der Waals surface area contributed by atoms with Crippen LogP contribution in [0.2, 0.25) is 0 Å². The van der Waals surface area contributed by atoms with E-state index < -0.39 is 28.4 Å². The average Bonchev–Trinajstić information content (AvgIpc) is 3.09. The van der Waals surface area contributed by atoms with Gasteiger partial charge in [0.1, 0.15) is 0 Å². The van der Waals surface area contributed by atoms with Gasteiger partial charge in [0.15, 0.2) is 11.5 Å². The maximum atomic E-state index is 13.1. The minimum atomic E-state index is -0.832. The normalized spacial score (nSPS) is 16.3. The number of ketones is 1. The third kappa shape index (κ3) is 5.35. The second-order valence-corrected chi connectivity index (χ2v) is 7.65. The second kappa shape index (κ2) is 10.7. The van der Waals surface area contributed by atoms with E-state index in [9.17, 15) is 24.8 Å². The molecule has 2 aromatic rings. The van der Waals surface area contributed by atoms with Crippen molar-refractivity contribution in [3.8, 4) is 0 Å². The first-order chi connectivity index (χ1) is 15.9. The lowest BCUT2D eigenvalue weighted by molar-refractivity contribution is -0.384. The van der Waals surface area contributed by atoms with Gasteiger partial charge in [0.2, 0.25) is 0 Å². The number of non-ortho nitro benzene ring substituents is 1. The summed E-state index contributed by atoms with van der Waals surface area (Å²) in [5, 5.41) is 21.7. The van der Waals surface area contributed by atoms with Crippen LogP contribution in [0.3, 0.4) is 0 Å². The van der Waals surface area contributed by atoms with Crippen LogP contribution in [0.25, 0.3) is 6.08 Å². The summed E-state index contributed by atoms with van der Waals surface area (Å²) in [5.41, 5.74) is 1.21. The van der Waals surface area contributed by atoms with E-state index in [0.717, 1.165) is 18.7 Å². The molecule has 0 bridgehead atoms. The number of carbonyl (C=O) groups is 2. The molecule has 0 saturated carbocycles. The number of nitrogens with zero attached hydrogens (tertiary/aromatic N) is 3. The smallest absolute Gasteiger partial charge is 0.290 e. The van der Waals surface area contributed by atoms with Crippen molar-refractivity contribution in [3.63, 3.8) is 0 Å². The summed E-state index contributed by atoms with van der Waals surface area (Å²) in [5.74, 6) is -1.69.